The lowest BCUT2D eigenvalue weighted by Crippen LogP contribution is -1.98. The highest BCUT2D eigenvalue weighted by molar-refractivity contribution is 5.90. The van der Waals surface area contributed by atoms with Crippen LogP contribution in [-0.2, 0) is 0 Å². The maximum absolute atomic E-state index is 5.46. The van der Waals surface area contributed by atoms with Gasteiger partial charge in [0.05, 0.1) is 23.0 Å². The smallest absolute Gasteiger partial charge is 0.231 e. The second-order valence-corrected chi connectivity index (χ2v) is 7.31. The van der Waals surface area contributed by atoms with Gasteiger partial charge in [-0.2, -0.15) is 10.2 Å². The van der Waals surface area contributed by atoms with Gasteiger partial charge in [0.25, 0.3) is 0 Å². The van der Waals surface area contributed by atoms with Crippen molar-refractivity contribution in [1.29, 1.82) is 0 Å². The summed E-state index contributed by atoms with van der Waals surface area (Å²) in [5, 5.41) is 17.3. The van der Waals surface area contributed by atoms with Gasteiger partial charge in [-0.15, -0.1) is 5.10 Å². The van der Waals surface area contributed by atoms with E-state index in [1.165, 1.54) is 0 Å². The standard InChI is InChI=1S/C22H14N8O2/c1-2-4-14(5-3-1)30-21-15(10-24-30)22-25-20(28-29(22)11-23-21)17-9-16(26-27-17)13-6-7-18-19(8-13)32-12-31-18/h1-11H,12H2,(H,26,27). The van der Waals surface area contributed by atoms with Crippen molar-refractivity contribution in [2.75, 3.05) is 6.79 Å². The summed E-state index contributed by atoms with van der Waals surface area (Å²) >= 11 is 0. The summed E-state index contributed by atoms with van der Waals surface area (Å²) in [4.78, 5) is 9.27. The Labute approximate surface area is 180 Å². The molecule has 0 radical (unpaired) electrons. The lowest BCUT2D eigenvalue weighted by Gasteiger charge is -2.01. The van der Waals surface area contributed by atoms with Crippen LogP contribution < -0.4 is 9.47 Å². The first-order chi connectivity index (χ1) is 15.8. The van der Waals surface area contributed by atoms with Crippen LogP contribution in [-0.4, -0.2) is 46.4 Å². The zero-order chi connectivity index (χ0) is 21.1. The second kappa shape index (κ2) is 6.38. The lowest BCUT2D eigenvalue weighted by molar-refractivity contribution is 0.174. The van der Waals surface area contributed by atoms with Gasteiger partial charge in [-0.1, -0.05) is 18.2 Å². The molecule has 10 nitrogen and oxygen atoms in total. The minimum absolute atomic E-state index is 0.235. The number of H-pyrrole nitrogens is 1. The van der Waals surface area contributed by atoms with E-state index in [9.17, 15) is 0 Å². The van der Waals surface area contributed by atoms with Gasteiger partial charge < -0.3 is 9.47 Å². The SMILES string of the molecule is c1ccc(-n2ncc3c2ncn2nc(-c4cc(-c5ccc6c(c5)OCO6)n[nH]4)nc32)cc1. The van der Waals surface area contributed by atoms with E-state index < -0.39 is 0 Å². The molecule has 32 heavy (non-hydrogen) atoms. The Morgan fingerprint density at radius 3 is 2.78 bits per heavy atom. The fourth-order valence-electron chi connectivity index (χ4n) is 3.83. The van der Waals surface area contributed by atoms with Crippen molar-refractivity contribution >= 4 is 16.7 Å². The maximum Gasteiger partial charge on any atom is 0.231 e. The summed E-state index contributed by atoms with van der Waals surface area (Å²) in [6.45, 7) is 0.235. The number of nitrogens with one attached hydrogen (secondary N) is 1. The zero-order valence-corrected chi connectivity index (χ0v) is 16.5. The van der Waals surface area contributed by atoms with Crippen LogP contribution in [0.4, 0.5) is 0 Å². The quantitative estimate of drug-likeness (QED) is 0.466. The Morgan fingerprint density at radius 2 is 1.84 bits per heavy atom. The molecule has 154 valence electrons. The van der Waals surface area contributed by atoms with Crippen molar-refractivity contribution in [2.45, 2.75) is 0 Å². The van der Waals surface area contributed by atoms with Crippen LogP contribution in [0.1, 0.15) is 0 Å². The van der Waals surface area contributed by atoms with Crippen LogP contribution in [0.25, 0.3) is 45.1 Å². The molecule has 0 fully saturated rings. The molecule has 0 unspecified atom stereocenters. The first-order valence-electron chi connectivity index (χ1n) is 9.94. The molecule has 0 saturated heterocycles. The molecule has 4 aromatic heterocycles. The molecule has 0 aliphatic carbocycles. The number of aromatic nitrogens is 8. The molecule has 10 heteroatoms. The van der Waals surface area contributed by atoms with Crippen LogP contribution >= 0.6 is 0 Å². The molecule has 0 atom stereocenters. The van der Waals surface area contributed by atoms with E-state index in [0.717, 1.165) is 28.1 Å². The summed E-state index contributed by atoms with van der Waals surface area (Å²) < 4.78 is 14.3. The molecule has 1 N–H and O–H groups in total. The number of para-hydroxylation sites is 1. The number of fused-ring (bicyclic) bond motifs is 4. The van der Waals surface area contributed by atoms with Gasteiger partial charge in [-0.05, 0) is 36.4 Å². The molecule has 0 saturated carbocycles. The Morgan fingerprint density at radius 1 is 0.938 bits per heavy atom. The van der Waals surface area contributed by atoms with Crippen LogP contribution in [0.15, 0.2) is 67.1 Å². The Balaban J connectivity index is 1.30. The summed E-state index contributed by atoms with van der Waals surface area (Å²) in [6.07, 6.45) is 3.40. The molecule has 2 aromatic carbocycles. The molecule has 1 aliphatic rings. The van der Waals surface area contributed by atoms with Crippen molar-refractivity contribution in [1.82, 2.24) is 39.6 Å². The van der Waals surface area contributed by atoms with E-state index in [1.807, 2.05) is 54.6 Å². The first-order valence-corrected chi connectivity index (χ1v) is 9.94. The average molecular weight is 422 g/mol. The number of rotatable bonds is 3. The van der Waals surface area contributed by atoms with Gasteiger partial charge in [-0.25, -0.2) is 19.2 Å². The molecular formula is C22H14N8O2. The molecule has 1 aliphatic heterocycles. The Kier molecular flexibility index (Phi) is 3.39. The predicted molar refractivity (Wildman–Crippen MR) is 115 cm³/mol. The van der Waals surface area contributed by atoms with Gasteiger partial charge in [0.2, 0.25) is 6.79 Å². The molecule has 6 aromatic rings. The second-order valence-electron chi connectivity index (χ2n) is 7.31. The number of benzene rings is 2. The number of hydrogen-bond acceptors (Lipinski definition) is 7. The van der Waals surface area contributed by atoms with Crippen LogP contribution in [0, 0.1) is 0 Å². The zero-order valence-electron chi connectivity index (χ0n) is 16.5. The molecule has 0 bridgehead atoms. The van der Waals surface area contributed by atoms with Crippen molar-refractivity contribution in [3.8, 4) is 40.0 Å². The minimum atomic E-state index is 0.235. The third kappa shape index (κ3) is 2.49. The van der Waals surface area contributed by atoms with E-state index in [4.69, 9.17) is 14.5 Å². The van der Waals surface area contributed by atoms with Gasteiger partial charge >= 0.3 is 0 Å². The summed E-state index contributed by atoms with van der Waals surface area (Å²) in [5.74, 6) is 1.96. The van der Waals surface area contributed by atoms with Crippen LogP contribution in [0.5, 0.6) is 11.5 Å². The average Bonchev–Trinajstić information content (AvgIpc) is 3.63. The number of ether oxygens (including phenoxy) is 2. The van der Waals surface area contributed by atoms with E-state index >= 15 is 0 Å². The normalized spacial score (nSPS) is 12.8. The first kappa shape index (κ1) is 17.0. The largest absolute Gasteiger partial charge is 0.454 e. The Bertz CT molecular complexity index is 1620. The van der Waals surface area contributed by atoms with Gasteiger partial charge in [-0.3, -0.25) is 5.10 Å². The van der Waals surface area contributed by atoms with Gasteiger partial charge in [0.15, 0.2) is 28.6 Å². The highest BCUT2D eigenvalue weighted by Gasteiger charge is 2.18. The summed E-state index contributed by atoms with van der Waals surface area (Å²) in [6, 6.07) is 17.5. The van der Waals surface area contributed by atoms with Crippen LogP contribution in [0.3, 0.4) is 0 Å². The summed E-state index contributed by atoms with van der Waals surface area (Å²) in [5.41, 5.74) is 4.69. The number of aromatic amines is 1. The fourth-order valence-corrected chi connectivity index (χ4v) is 3.83. The highest BCUT2D eigenvalue weighted by atomic mass is 16.7. The van der Waals surface area contributed by atoms with E-state index in [1.54, 1.807) is 21.7 Å². The van der Waals surface area contributed by atoms with Crippen LogP contribution in [0.2, 0.25) is 0 Å². The molecule has 5 heterocycles. The monoisotopic (exact) mass is 422 g/mol. The third-order valence-corrected chi connectivity index (χ3v) is 5.39. The minimum Gasteiger partial charge on any atom is -0.454 e. The van der Waals surface area contributed by atoms with Gasteiger partial charge in [0.1, 0.15) is 12.0 Å². The fraction of sp³-hybridized carbons (Fsp3) is 0.0455. The third-order valence-electron chi connectivity index (χ3n) is 5.39. The van der Waals surface area contributed by atoms with E-state index in [0.29, 0.717) is 28.6 Å². The molecule has 0 spiro atoms. The maximum atomic E-state index is 5.46. The summed E-state index contributed by atoms with van der Waals surface area (Å²) in [7, 11) is 0. The molecular weight excluding hydrogens is 408 g/mol. The predicted octanol–water partition coefficient (Wildman–Crippen LogP) is 3.25. The van der Waals surface area contributed by atoms with E-state index in [-0.39, 0.29) is 6.79 Å². The number of nitrogens with zero attached hydrogens (tertiary/aromatic N) is 7. The van der Waals surface area contributed by atoms with Crippen molar-refractivity contribution < 1.29 is 9.47 Å². The van der Waals surface area contributed by atoms with Crippen molar-refractivity contribution in [3.63, 3.8) is 0 Å². The molecule has 7 rings (SSSR count). The Hall–Kier alpha value is -4.73. The van der Waals surface area contributed by atoms with Crippen molar-refractivity contribution in [3.05, 3.63) is 67.1 Å². The highest BCUT2D eigenvalue weighted by Crippen LogP contribution is 2.36. The lowest BCUT2D eigenvalue weighted by atomic mass is 10.1. The topological polar surface area (TPSA) is 108 Å². The van der Waals surface area contributed by atoms with Gasteiger partial charge in [0, 0.05) is 5.56 Å². The molecule has 0 amide bonds. The number of hydrogen-bond donors (Lipinski definition) is 1. The van der Waals surface area contributed by atoms with Crippen molar-refractivity contribution in [2.24, 2.45) is 0 Å². The van der Waals surface area contributed by atoms with E-state index in [2.05, 4.69) is 25.4 Å².